The number of nitrogens with zero attached hydrogens (tertiary/aromatic N) is 1. The van der Waals surface area contributed by atoms with Crippen molar-refractivity contribution < 1.29 is 36.8 Å². The molecule has 0 saturated heterocycles. The first kappa shape index (κ1) is 28.8. The maximum Gasteiger partial charge on any atom is 0.357 e. The largest absolute Gasteiger partial charge is 0.468 e. The van der Waals surface area contributed by atoms with Crippen molar-refractivity contribution in [3.63, 3.8) is 0 Å². The number of amides is 1. The van der Waals surface area contributed by atoms with Gasteiger partial charge in [0.15, 0.2) is 5.69 Å². The SMILES string of the molecule is CCOC(=O)c1csc(C(Cc2cccc(NS(=O)(=O)O)c2)NC(=O)C(Cc2ccccc2)C(=O)OC)n1. The van der Waals surface area contributed by atoms with Gasteiger partial charge in [-0.2, -0.15) is 8.42 Å². The van der Waals surface area contributed by atoms with Crippen LogP contribution < -0.4 is 10.0 Å². The molecule has 202 valence electrons. The minimum atomic E-state index is -4.49. The number of rotatable bonds is 12. The Hall–Kier alpha value is -3.81. The number of esters is 2. The fourth-order valence-electron chi connectivity index (χ4n) is 3.64. The topological polar surface area (TPSA) is 161 Å². The Labute approximate surface area is 224 Å². The summed E-state index contributed by atoms with van der Waals surface area (Å²) in [5, 5.41) is 4.71. The highest BCUT2D eigenvalue weighted by Crippen LogP contribution is 2.25. The van der Waals surface area contributed by atoms with E-state index in [9.17, 15) is 22.8 Å². The van der Waals surface area contributed by atoms with Crippen LogP contribution >= 0.6 is 11.3 Å². The quantitative estimate of drug-likeness (QED) is 0.171. The van der Waals surface area contributed by atoms with Crippen LogP contribution in [0.1, 0.15) is 39.6 Å². The average molecular weight is 562 g/mol. The van der Waals surface area contributed by atoms with Crippen molar-refractivity contribution in [1.82, 2.24) is 10.3 Å². The van der Waals surface area contributed by atoms with Crippen LogP contribution in [0.2, 0.25) is 0 Å². The van der Waals surface area contributed by atoms with Crippen LogP contribution in [-0.4, -0.2) is 49.5 Å². The highest BCUT2D eigenvalue weighted by molar-refractivity contribution is 7.87. The molecule has 3 rings (SSSR count). The third-order valence-corrected chi connectivity index (χ3v) is 6.77. The summed E-state index contributed by atoms with van der Waals surface area (Å²) >= 11 is 1.12. The number of carbonyl (C=O) groups is 3. The second-order valence-corrected chi connectivity index (χ2v) is 10.1. The summed E-state index contributed by atoms with van der Waals surface area (Å²) in [4.78, 5) is 42.4. The molecule has 11 nitrogen and oxygen atoms in total. The number of carbonyl (C=O) groups excluding carboxylic acids is 3. The molecule has 1 aromatic heterocycles. The minimum Gasteiger partial charge on any atom is -0.468 e. The zero-order valence-corrected chi connectivity index (χ0v) is 22.3. The van der Waals surface area contributed by atoms with E-state index >= 15 is 0 Å². The van der Waals surface area contributed by atoms with Crippen molar-refractivity contribution in [2.75, 3.05) is 18.4 Å². The number of ether oxygens (including phenoxy) is 2. The van der Waals surface area contributed by atoms with Gasteiger partial charge in [0, 0.05) is 5.38 Å². The Morgan fingerprint density at radius 3 is 2.42 bits per heavy atom. The van der Waals surface area contributed by atoms with Gasteiger partial charge in [0.1, 0.15) is 10.9 Å². The Morgan fingerprint density at radius 1 is 1.05 bits per heavy atom. The van der Waals surface area contributed by atoms with E-state index in [4.69, 9.17) is 14.0 Å². The zero-order chi connectivity index (χ0) is 27.7. The van der Waals surface area contributed by atoms with Gasteiger partial charge in [0.25, 0.3) is 0 Å². The minimum absolute atomic E-state index is 0.0710. The zero-order valence-electron chi connectivity index (χ0n) is 20.6. The Kier molecular flexibility index (Phi) is 9.93. The number of thiazole rings is 1. The second-order valence-electron chi connectivity index (χ2n) is 8.10. The van der Waals surface area contributed by atoms with E-state index in [-0.39, 0.29) is 30.8 Å². The molecule has 2 aromatic carbocycles. The van der Waals surface area contributed by atoms with Crippen molar-refractivity contribution in [2.24, 2.45) is 5.92 Å². The summed E-state index contributed by atoms with van der Waals surface area (Å²) in [6.07, 6.45) is 0.230. The number of methoxy groups -OCH3 is 1. The molecule has 0 spiro atoms. The van der Waals surface area contributed by atoms with E-state index in [0.717, 1.165) is 16.9 Å². The first-order chi connectivity index (χ1) is 18.1. The highest BCUT2D eigenvalue weighted by atomic mass is 32.2. The number of hydrogen-bond donors (Lipinski definition) is 3. The van der Waals surface area contributed by atoms with Crippen molar-refractivity contribution >= 4 is 45.2 Å². The number of benzene rings is 2. The molecule has 0 aliphatic carbocycles. The van der Waals surface area contributed by atoms with Crippen LogP contribution in [0.3, 0.4) is 0 Å². The van der Waals surface area contributed by atoms with Crippen LogP contribution in [-0.2, 0) is 42.2 Å². The van der Waals surface area contributed by atoms with E-state index in [2.05, 4.69) is 10.3 Å². The third-order valence-electron chi connectivity index (χ3n) is 5.32. The summed E-state index contributed by atoms with van der Waals surface area (Å²) in [5.74, 6) is -3.08. The van der Waals surface area contributed by atoms with E-state index in [1.54, 1.807) is 43.3 Å². The van der Waals surface area contributed by atoms with Crippen LogP contribution in [0, 0.1) is 5.92 Å². The van der Waals surface area contributed by atoms with Gasteiger partial charge < -0.3 is 14.8 Å². The Bertz CT molecular complexity index is 1380. The van der Waals surface area contributed by atoms with Crippen molar-refractivity contribution in [2.45, 2.75) is 25.8 Å². The Balaban J connectivity index is 1.91. The predicted octanol–water partition coefficient (Wildman–Crippen LogP) is 2.97. The fourth-order valence-corrected chi connectivity index (χ4v) is 4.90. The van der Waals surface area contributed by atoms with E-state index in [1.165, 1.54) is 24.6 Å². The predicted molar refractivity (Wildman–Crippen MR) is 140 cm³/mol. The molecule has 13 heteroatoms. The molecule has 2 unspecified atom stereocenters. The summed E-state index contributed by atoms with van der Waals surface area (Å²) in [7, 11) is -3.29. The third kappa shape index (κ3) is 8.36. The van der Waals surface area contributed by atoms with Gasteiger partial charge in [-0.05, 0) is 43.0 Å². The second kappa shape index (κ2) is 13.1. The average Bonchev–Trinajstić information content (AvgIpc) is 3.37. The van der Waals surface area contributed by atoms with Crippen molar-refractivity contribution in [3.8, 4) is 0 Å². The van der Waals surface area contributed by atoms with Crippen molar-refractivity contribution in [3.05, 3.63) is 81.8 Å². The Morgan fingerprint density at radius 2 is 1.76 bits per heavy atom. The molecule has 3 aromatic rings. The van der Waals surface area contributed by atoms with E-state index in [1.807, 2.05) is 10.8 Å². The molecular weight excluding hydrogens is 534 g/mol. The lowest BCUT2D eigenvalue weighted by molar-refractivity contribution is -0.150. The molecule has 0 aliphatic rings. The smallest absolute Gasteiger partial charge is 0.357 e. The number of nitrogens with one attached hydrogen (secondary N) is 2. The summed E-state index contributed by atoms with van der Waals surface area (Å²) in [5.41, 5.74) is 1.52. The fraction of sp³-hybridized carbons (Fsp3) is 0.280. The maximum absolute atomic E-state index is 13.4. The summed E-state index contributed by atoms with van der Waals surface area (Å²) in [6.45, 7) is 1.83. The number of aromatic nitrogens is 1. The molecule has 0 fully saturated rings. The lowest BCUT2D eigenvalue weighted by atomic mass is 9.97. The lowest BCUT2D eigenvalue weighted by Crippen LogP contribution is -2.40. The normalized spacial score (nSPS) is 12.7. The molecule has 0 bridgehead atoms. The summed E-state index contributed by atoms with van der Waals surface area (Å²) < 4.78 is 43.4. The molecule has 1 amide bonds. The van der Waals surface area contributed by atoms with Crippen LogP contribution in [0.5, 0.6) is 0 Å². The maximum atomic E-state index is 13.4. The molecule has 0 aliphatic heterocycles. The van der Waals surface area contributed by atoms with Crippen LogP contribution in [0.4, 0.5) is 5.69 Å². The summed E-state index contributed by atoms with van der Waals surface area (Å²) in [6, 6.07) is 14.4. The molecule has 2 atom stereocenters. The lowest BCUT2D eigenvalue weighted by Gasteiger charge is -2.21. The van der Waals surface area contributed by atoms with Gasteiger partial charge in [-0.25, -0.2) is 9.78 Å². The van der Waals surface area contributed by atoms with Gasteiger partial charge in [0.2, 0.25) is 5.91 Å². The first-order valence-corrected chi connectivity index (χ1v) is 13.8. The van der Waals surface area contributed by atoms with Crippen LogP contribution in [0.25, 0.3) is 0 Å². The molecule has 0 radical (unpaired) electrons. The number of hydrogen-bond acceptors (Lipinski definition) is 9. The molecule has 1 heterocycles. The standard InChI is InChI=1S/C25H27N3O8S2/c1-3-36-25(31)21-15-37-23(27-21)20(14-17-10-7-11-18(12-17)28-38(32,33)34)26-22(29)19(24(30)35-2)13-16-8-5-4-6-9-16/h4-12,15,19-20,28H,3,13-14H2,1-2H3,(H,26,29)(H,32,33,34). The first-order valence-electron chi connectivity index (χ1n) is 11.5. The monoisotopic (exact) mass is 561 g/mol. The van der Waals surface area contributed by atoms with Crippen molar-refractivity contribution in [1.29, 1.82) is 0 Å². The molecular formula is C25H27N3O8S2. The highest BCUT2D eigenvalue weighted by Gasteiger charge is 2.31. The van der Waals surface area contributed by atoms with Gasteiger partial charge in [-0.1, -0.05) is 42.5 Å². The molecule has 0 saturated carbocycles. The van der Waals surface area contributed by atoms with Gasteiger partial charge in [-0.15, -0.1) is 11.3 Å². The van der Waals surface area contributed by atoms with Crippen LogP contribution in [0.15, 0.2) is 60.0 Å². The van der Waals surface area contributed by atoms with E-state index < -0.39 is 40.1 Å². The molecule has 38 heavy (non-hydrogen) atoms. The molecule has 3 N–H and O–H groups in total. The van der Waals surface area contributed by atoms with Gasteiger partial charge >= 0.3 is 22.2 Å². The van der Waals surface area contributed by atoms with Gasteiger partial charge in [-0.3, -0.25) is 18.9 Å². The van der Waals surface area contributed by atoms with E-state index in [0.29, 0.717) is 10.6 Å². The van der Waals surface area contributed by atoms with Gasteiger partial charge in [0.05, 0.1) is 25.4 Å². The number of anilines is 1.